The molecule has 2 saturated heterocycles. The molecule has 1 aliphatic carbocycles. The second kappa shape index (κ2) is 8.42. The van der Waals surface area contributed by atoms with Gasteiger partial charge in [-0.15, -0.1) is 0 Å². The van der Waals surface area contributed by atoms with E-state index >= 15 is 0 Å². The molecule has 3 fully saturated rings. The number of nitrogens with zero attached hydrogens (tertiary/aromatic N) is 4. The minimum Gasteiger partial charge on any atom is -0.465 e. The maximum absolute atomic E-state index is 13.5. The number of likely N-dealkylation sites (tertiary alicyclic amines) is 2. The molecule has 1 aromatic rings. The van der Waals surface area contributed by atoms with Crippen LogP contribution in [0.5, 0.6) is 0 Å². The molecule has 4 atom stereocenters. The van der Waals surface area contributed by atoms with Crippen molar-refractivity contribution in [2.24, 2.45) is 21.7 Å². The molecule has 3 heterocycles. The van der Waals surface area contributed by atoms with Crippen molar-refractivity contribution < 1.29 is 27.9 Å². The standard InChI is InChI=1S/C23H28F3N5O3/c24-23(25,26)16-4-1-14(2-5-16)11-19-22(7-9-30(10-8-22)21(33)34)13-31(19)20(32)15-3-6-17-18(12-15)28-29-27-17/h1-2,4-5,15,17-19H,3,6-13H2,(H,27,28)(H,33,34). The van der Waals surface area contributed by atoms with Gasteiger partial charge >= 0.3 is 12.3 Å². The molecule has 34 heavy (non-hydrogen) atoms. The lowest BCUT2D eigenvalue weighted by Crippen LogP contribution is -2.70. The quantitative estimate of drug-likeness (QED) is 0.691. The summed E-state index contributed by atoms with van der Waals surface area (Å²) >= 11 is 0. The van der Waals surface area contributed by atoms with Gasteiger partial charge in [-0.2, -0.15) is 18.3 Å². The zero-order valence-corrected chi connectivity index (χ0v) is 18.7. The van der Waals surface area contributed by atoms with Crippen LogP contribution in [0, 0.1) is 11.3 Å². The molecule has 2 N–H and O–H groups in total. The third kappa shape index (κ3) is 4.09. The molecule has 1 saturated carbocycles. The van der Waals surface area contributed by atoms with Crippen LogP contribution in [0.3, 0.4) is 0 Å². The SMILES string of the molecule is O=C(O)N1CCC2(CC1)CN(C(=O)C1CCC3N=NNC3C1)C2Cc1ccc(C(F)(F)F)cc1. The highest BCUT2D eigenvalue weighted by Crippen LogP contribution is 2.49. The Balaban J connectivity index is 1.33. The highest BCUT2D eigenvalue weighted by molar-refractivity contribution is 5.80. The first-order valence-corrected chi connectivity index (χ1v) is 11.8. The predicted octanol–water partition coefficient (Wildman–Crippen LogP) is 3.73. The molecular weight excluding hydrogens is 451 g/mol. The Kier molecular flexibility index (Phi) is 5.68. The summed E-state index contributed by atoms with van der Waals surface area (Å²) in [5, 5.41) is 17.4. The van der Waals surface area contributed by atoms with Crippen LogP contribution in [0.15, 0.2) is 34.6 Å². The highest BCUT2D eigenvalue weighted by Gasteiger charge is 2.56. The van der Waals surface area contributed by atoms with Gasteiger partial charge in [0.25, 0.3) is 0 Å². The van der Waals surface area contributed by atoms with Gasteiger partial charge in [0.05, 0.1) is 17.6 Å². The van der Waals surface area contributed by atoms with Crippen molar-refractivity contribution in [3.8, 4) is 0 Å². The number of halogens is 3. The van der Waals surface area contributed by atoms with E-state index in [4.69, 9.17) is 0 Å². The van der Waals surface area contributed by atoms with Crippen molar-refractivity contribution in [2.45, 2.75) is 62.8 Å². The van der Waals surface area contributed by atoms with Crippen LogP contribution in [-0.4, -0.2) is 64.7 Å². The molecule has 0 aromatic heterocycles. The summed E-state index contributed by atoms with van der Waals surface area (Å²) in [6.07, 6.45) is -1.39. The van der Waals surface area contributed by atoms with Gasteiger partial charge in [-0.25, -0.2) is 4.79 Å². The summed E-state index contributed by atoms with van der Waals surface area (Å²) in [5.74, 6) is -0.0563. The number of benzene rings is 1. The number of hydrogen-bond acceptors (Lipinski definition) is 5. The van der Waals surface area contributed by atoms with Crippen LogP contribution < -0.4 is 5.43 Å². The number of amides is 2. The Bertz CT molecular complexity index is 975. The van der Waals surface area contributed by atoms with E-state index in [2.05, 4.69) is 15.8 Å². The average molecular weight is 480 g/mol. The molecule has 4 unspecified atom stereocenters. The van der Waals surface area contributed by atoms with E-state index in [1.807, 2.05) is 4.90 Å². The van der Waals surface area contributed by atoms with Crippen LogP contribution in [0.25, 0.3) is 0 Å². The number of carbonyl (C=O) groups is 2. The van der Waals surface area contributed by atoms with E-state index in [1.54, 1.807) is 0 Å². The van der Waals surface area contributed by atoms with Crippen LogP contribution in [0.1, 0.15) is 43.2 Å². The van der Waals surface area contributed by atoms with E-state index in [0.717, 1.165) is 30.5 Å². The Labute approximate surface area is 195 Å². The zero-order valence-electron chi connectivity index (χ0n) is 18.7. The molecule has 1 aromatic carbocycles. The first-order chi connectivity index (χ1) is 16.2. The van der Waals surface area contributed by atoms with Gasteiger partial charge in [0, 0.05) is 37.0 Å². The Hall–Kier alpha value is -2.85. The fourth-order valence-electron chi connectivity index (χ4n) is 6.09. The molecule has 0 radical (unpaired) electrons. The molecule has 1 spiro atoms. The lowest BCUT2D eigenvalue weighted by Gasteiger charge is -2.61. The maximum Gasteiger partial charge on any atom is 0.416 e. The molecule has 184 valence electrons. The summed E-state index contributed by atoms with van der Waals surface area (Å²) in [7, 11) is 0. The van der Waals surface area contributed by atoms with Gasteiger partial charge in [-0.1, -0.05) is 17.4 Å². The van der Waals surface area contributed by atoms with Gasteiger partial charge in [-0.05, 0) is 56.2 Å². The number of hydrogen-bond donors (Lipinski definition) is 2. The maximum atomic E-state index is 13.5. The molecule has 4 aliphatic rings. The minimum atomic E-state index is -4.40. The monoisotopic (exact) mass is 479 g/mol. The fourth-order valence-corrected chi connectivity index (χ4v) is 6.09. The molecule has 8 nitrogen and oxygen atoms in total. The number of carbonyl (C=O) groups excluding carboxylic acids is 1. The number of fused-ring (bicyclic) bond motifs is 1. The van der Waals surface area contributed by atoms with Crippen LogP contribution in [-0.2, 0) is 17.4 Å². The Morgan fingerprint density at radius 2 is 1.85 bits per heavy atom. The molecule has 5 rings (SSSR count). The lowest BCUT2D eigenvalue weighted by atomic mass is 9.63. The minimum absolute atomic E-state index is 0.0742. The Morgan fingerprint density at radius 1 is 1.15 bits per heavy atom. The molecule has 2 amide bonds. The summed E-state index contributed by atoms with van der Waals surface area (Å²) < 4.78 is 39.0. The highest BCUT2D eigenvalue weighted by atomic mass is 19.4. The summed E-state index contributed by atoms with van der Waals surface area (Å²) in [4.78, 5) is 28.2. The summed E-state index contributed by atoms with van der Waals surface area (Å²) in [6.45, 7) is 1.37. The average Bonchev–Trinajstić information content (AvgIpc) is 3.28. The predicted molar refractivity (Wildman–Crippen MR) is 115 cm³/mol. The first-order valence-electron chi connectivity index (χ1n) is 11.8. The summed E-state index contributed by atoms with van der Waals surface area (Å²) in [6, 6.07) is 5.18. The summed E-state index contributed by atoms with van der Waals surface area (Å²) in [5.41, 5.74) is 2.83. The molecular formula is C23H28F3N5O3. The van der Waals surface area contributed by atoms with Gasteiger partial charge in [-0.3, -0.25) is 10.2 Å². The van der Waals surface area contributed by atoms with Crippen molar-refractivity contribution in [3.05, 3.63) is 35.4 Å². The van der Waals surface area contributed by atoms with Crippen molar-refractivity contribution in [3.63, 3.8) is 0 Å². The van der Waals surface area contributed by atoms with E-state index in [1.165, 1.54) is 17.0 Å². The van der Waals surface area contributed by atoms with E-state index < -0.39 is 17.8 Å². The van der Waals surface area contributed by atoms with Crippen molar-refractivity contribution in [1.82, 2.24) is 15.2 Å². The van der Waals surface area contributed by atoms with Gasteiger partial charge in [0.2, 0.25) is 5.91 Å². The largest absolute Gasteiger partial charge is 0.465 e. The second-order valence-corrected chi connectivity index (χ2v) is 10.0. The molecule has 11 heteroatoms. The van der Waals surface area contributed by atoms with E-state index in [0.29, 0.717) is 45.3 Å². The van der Waals surface area contributed by atoms with Crippen LogP contribution >= 0.6 is 0 Å². The van der Waals surface area contributed by atoms with Crippen LogP contribution in [0.4, 0.5) is 18.0 Å². The Morgan fingerprint density at radius 3 is 2.50 bits per heavy atom. The van der Waals surface area contributed by atoms with E-state index in [-0.39, 0.29) is 35.4 Å². The van der Waals surface area contributed by atoms with Crippen molar-refractivity contribution in [1.29, 1.82) is 0 Å². The zero-order chi connectivity index (χ0) is 24.1. The van der Waals surface area contributed by atoms with Gasteiger partial charge in [0.1, 0.15) is 0 Å². The molecule has 3 aliphatic heterocycles. The first kappa shape index (κ1) is 22.9. The number of nitrogens with one attached hydrogen (secondary N) is 1. The number of piperidine rings is 1. The van der Waals surface area contributed by atoms with Gasteiger partial charge in [0.15, 0.2) is 0 Å². The fraction of sp³-hybridized carbons (Fsp3) is 0.652. The van der Waals surface area contributed by atoms with Crippen LogP contribution in [0.2, 0.25) is 0 Å². The lowest BCUT2D eigenvalue weighted by molar-refractivity contribution is -0.166. The third-order valence-electron chi connectivity index (χ3n) is 8.18. The normalized spacial score (nSPS) is 30.0. The second-order valence-electron chi connectivity index (χ2n) is 10.0. The molecule has 0 bridgehead atoms. The number of carboxylic acid groups (broad SMARTS) is 1. The van der Waals surface area contributed by atoms with Crippen molar-refractivity contribution in [2.75, 3.05) is 19.6 Å². The van der Waals surface area contributed by atoms with Crippen molar-refractivity contribution >= 4 is 12.0 Å². The number of alkyl halides is 3. The van der Waals surface area contributed by atoms with Gasteiger partial charge < -0.3 is 14.9 Å². The smallest absolute Gasteiger partial charge is 0.416 e. The van der Waals surface area contributed by atoms with E-state index in [9.17, 15) is 27.9 Å². The topological polar surface area (TPSA) is 97.6 Å². The number of rotatable bonds is 3. The third-order valence-corrected chi connectivity index (χ3v) is 8.18.